The first kappa shape index (κ1) is 16.9. The molecule has 124 valence electrons. The number of carbonyl (C=O) groups excluding carboxylic acids is 1. The highest BCUT2D eigenvalue weighted by molar-refractivity contribution is 5.86. The lowest BCUT2D eigenvalue weighted by molar-refractivity contribution is 0.0561. The van der Waals surface area contributed by atoms with Crippen LogP contribution in [0.5, 0.6) is 11.5 Å². The Hall–Kier alpha value is -2.47. The SMILES string of the molecule is CC[C@H](O)c1ccc(OCc2ccc(C(=O)OC)o2)c(OC)c1. The van der Waals surface area contributed by atoms with Crippen LogP contribution in [0.25, 0.3) is 0 Å². The van der Waals surface area contributed by atoms with Crippen molar-refractivity contribution in [2.24, 2.45) is 0 Å². The fraction of sp³-hybridized carbons (Fsp3) is 0.353. The molecule has 1 heterocycles. The van der Waals surface area contributed by atoms with Crippen LogP contribution in [0, 0.1) is 0 Å². The van der Waals surface area contributed by atoms with Gasteiger partial charge in [-0.05, 0) is 36.2 Å². The smallest absolute Gasteiger partial charge is 0.373 e. The first-order valence-corrected chi connectivity index (χ1v) is 7.24. The average Bonchev–Trinajstić information content (AvgIpc) is 3.07. The zero-order valence-electron chi connectivity index (χ0n) is 13.4. The van der Waals surface area contributed by atoms with Gasteiger partial charge >= 0.3 is 5.97 Å². The first-order valence-electron chi connectivity index (χ1n) is 7.24. The molecule has 0 aliphatic heterocycles. The number of carbonyl (C=O) groups is 1. The fourth-order valence-electron chi connectivity index (χ4n) is 2.06. The third kappa shape index (κ3) is 4.04. The van der Waals surface area contributed by atoms with Gasteiger partial charge in [0.25, 0.3) is 0 Å². The van der Waals surface area contributed by atoms with Crippen LogP contribution in [0.15, 0.2) is 34.7 Å². The minimum atomic E-state index is -0.536. The first-order chi connectivity index (χ1) is 11.1. The molecule has 1 N–H and O–H groups in total. The van der Waals surface area contributed by atoms with Crippen LogP contribution in [0.1, 0.15) is 41.3 Å². The van der Waals surface area contributed by atoms with E-state index in [-0.39, 0.29) is 12.4 Å². The number of methoxy groups -OCH3 is 2. The summed E-state index contributed by atoms with van der Waals surface area (Å²) in [5.74, 6) is 1.13. The van der Waals surface area contributed by atoms with Crippen LogP contribution in [-0.4, -0.2) is 25.3 Å². The number of ether oxygens (including phenoxy) is 3. The monoisotopic (exact) mass is 320 g/mol. The van der Waals surface area contributed by atoms with Gasteiger partial charge in [-0.2, -0.15) is 0 Å². The van der Waals surface area contributed by atoms with E-state index < -0.39 is 12.1 Å². The second-order valence-electron chi connectivity index (χ2n) is 4.88. The van der Waals surface area contributed by atoms with Gasteiger partial charge in [-0.3, -0.25) is 0 Å². The summed E-state index contributed by atoms with van der Waals surface area (Å²) in [6, 6.07) is 8.44. The van der Waals surface area contributed by atoms with Crippen LogP contribution in [-0.2, 0) is 11.3 Å². The number of rotatable bonds is 7. The Labute approximate surface area is 134 Å². The standard InChI is InChI=1S/C17H20O6/c1-4-13(18)11-5-7-14(16(9-11)20-2)22-10-12-6-8-15(23-12)17(19)21-3/h5-9,13,18H,4,10H2,1-3H3/t13-/m0/s1. The molecule has 0 unspecified atom stereocenters. The molecule has 1 atom stereocenters. The van der Waals surface area contributed by atoms with E-state index in [4.69, 9.17) is 13.9 Å². The number of aliphatic hydroxyl groups is 1. The summed E-state index contributed by atoms with van der Waals surface area (Å²) in [5, 5.41) is 9.87. The Morgan fingerprint density at radius 1 is 1.22 bits per heavy atom. The quantitative estimate of drug-likeness (QED) is 0.790. The Bertz CT molecular complexity index is 661. The lowest BCUT2D eigenvalue weighted by Crippen LogP contribution is -2.00. The molecule has 0 aliphatic rings. The third-order valence-electron chi connectivity index (χ3n) is 3.38. The van der Waals surface area contributed by atoms with Crippen molar-refractivity contribution in [2.45, 2.75) is 26.1 Å². The molecule has 23 heavy (non-hydrogen) atoms. The van der Waals surface area contributed by atoms with Gasteiger partial charge in [0.2, 0.25) is 5.76 Å². The molecule has 0 amide bonds. The zero-order valence-corrected chi connectivity index (χ0v) is 13.4. The van der Waals surface area contributed by atoms with Gasteiger partial charge in [-0.25, -0.2) is 4.79 Å². The highest BCUT2D eigenvalue weighted by Gasteiger charge is 2.13. The molecule has 6 nitrogen and oxygen atoms in total. The zero-order chi connectivity index (χ0) is 16.8. The maximum atomic E-state index is 11.3. The molecule has 0 bridgehead atoms. The van der Waals surface area contributed by atoms with Crippen molar-refractivity contribution in [3.8, 4) is 11.5 Å². The topological polar surface area (TPSA) is 78.1 Å². The highest BCUT2D eigenvalue weighted by atomic mass is 16.5. The van der Waals surface area contributed by atoms with Gasteiger partial charge < -0.3 is 23.7 Å². The second kappa shape index (κ2) is 7.69. The van der Waals surface area contributed by atoms with E-state index in [0.29, 0.717) is 23.7 Å². The predicted octanol–water partition coefficient (Wildman–Crippen LogP) is 3.10. The third-order valence-corrected chi connectivity index (χ3v) is 3.38. The van der Waals surface area contributed by atoms with Gasteiger partial charge in [0.05, 0.1) is 20.3 Å². The average molecular weight is 320 g/mol. The Morgan fingerprint density at radius 3 is 2.65 bits per heavy atom. The normalized spacial score (nSPS) is 11.8. The van der Waals surface area contributed by atoms with Gasteiger partial charge in [-0.1, -0.05) is 13.0 Å². The van der Waals surface area contributed by atoms with E-state index in [1.54, 1.807) is 24.3 Å². The largest absolute Gasteiger partial charge is 0.493 e. The summed E-state index contributed by atoms with van der Waals surface area (Å²) in [6.07, 6.45) is 0.0807. The summed E-state index contributed by atoms with van der Waals surface area (Å²) < 4.78 is 20.9. The number of hydrogen-bond donors (Lipinski definition) is 1. The van der Waals surface area contributed by atoms with Crippen molar-refractivity contribution >= 4 is 5.97 Å². The molecule has 0 aliphatic carbocycles. The maximum Gasteiger partial charge on any atom is 0.373 e. The molecule has 1 aromatic heterocycles. The molecule has 0 saturated heterocycles. The van der Waals surface area contributed by atoms with Crippen molar-refractivity contribution in [2.75, 3.05) is 14.2 Å². The molecule has 0 radical (unpaired) electrons. The van der Waals surface area contributed by atoms with Crippen molar-refractivity contribution in [1.82, 2.24) is 0 Å². The van der Waals surface area contributed by atoms with Crippen molar-refractivity contribution in [3.63, 3.8) is 0 Å². The Balaban J connectivity index is 2.08. The lowest BCUT2D eigenvalue weighted by atomic mass is 10.1. The van der Waals surface area contributed by atoms with Gasteiger partial charge in [0.1, 0.15) is 12.4 Å². The van der Waals surface area contributed by atoms with Crippen LogP contribution in [0.2, 0.25) is 0 Å². The Morgan fingerprint density at radius 2 is 2.00 bits per heavy atom. The number of furan rings is 1. The fourth-order valence-corrected chi connectivity index (χ4v) is 2.06. The van der Waals surface area contributed by atoms with Crippen LogP contribution in [0.4, 0.5) is 0 Å². The number of benzene rings is 1. The molecule has 6 heteroatoms. The van der Waals surface area contributed by atoms with Crippen molar-refractivity contribution in [1.29, 1.82) is 0 Å². The summed E-state index contributed by atoms with van der Waals surface area (Å²) in [7, 11) is 2.82. The van der Waals surface area contributed by atoms with Gasteiger partial charge in [-0.15, -0.1) is 0 Å². The Kier molecular flexibility index (Phi) is 5.65. The number of aliphatic hydroxyl groups excluding tert-OH is 1. The van der Waals surface area contributed by atoms with Crippen molar-refractivity contribution < 1.29 is 28.5 Å². The molecule has 0 saturated carbocycles. The molecular formula is C17H20O6. The van der Waals surface area contributed by atoms with E-state index >= 15 is 0 Å². The van der Waals surface area contributed by atoms with Crippen LogP contribution < -0.4 is 9.47 Å². The molecule has 0 spiro atoms. The molecular weight excluding hydrogens is 300 g/mol. The molecule has 2 rings (SSSR count). The van der Waals surface area contributed by atoms with E-state index in [0.717, 1.165) is 5.56 Å². The van der Waals surface area contributed by atoms with Crippen molar-refractivity contribution in [3.05, 3.63) is 47.4 Å². The lowest BCUT2D eigenvalue weighted by Gasteiger charge is -2.13. The van der Waals surface area contributed by atoms with Crippen LogP contribution in [0.3, 0.4) is 0 Å². The minimum Gasteiger partial charge on any atom is -0.493 e. The molecule has 0 fully saturated rings. The van der Waals surface area contributed by atoms with Gasteiger partial charge in [0, 0.05) is 0 Å². The van der Waals surface area contributed by atoms with Gasteiger partial charge in [0.15, 0.2) is 11.5 Å². The number of esters is 1. The van der Waals surface area contributed by atoms with E-state index in [1.807, 2.05) is 6.92 Å². The summed E-state index contributed by atoms with van der Waals surface area (Å²) in [4.78, 5) is 11.3. The molecule has 1 aromatic carbocycles. The van der Waals surface area contributed by atoms with E-state index in [9.17, 15) is 9.90 Å². The summed E-state index contributed by atoms with van der Waals surface area (Å²) >= 11 is 0. The molecule has 2 aromatic rings. The number of hydrogen-bond acceptors (Lipinski definition) is 6. The van der Waals surface area contributed by atoms with E-state index in [1.165, 1.54) is 20.3 Å². The van der Waals surface area contributed by atoms with Crippen LogP contribution >= 0.6 is 0 Å². The second-order valence-corrected chi connectivity index (χ2v) is 4.88. The minimum absolute atomic E-state index is 0.125. The van der Waals surface area contributed by atoms with E-state index in [2.05, 4.69) is 4.74 Å². The maximum absolute atomic E-state index is 11.3. The summed E-state index contributed by atoms with van der Waals surface area (Å²) in [6.45, 7) is 2.04. The predicted molar refractivity (Wildman–Crippen MR) is 82.6 cm³/mol. The highest BCUT2D eigenvalue weighted by Crippen LogP contribution is 2.31. The summed E-state index contributed by atoms with van der Waals surface area (Å²) in [5.41, 5.74) is 0.766.